The van der Waals surface area contributed by atoms with Gasteiger partial charge >= 0.3 is 0 Å². The molecular formula is C12H10N. The number of hydrogen-bond donors (Lipinski definition) is 0. The van der Waals surface area contributed by atoms with Gasteiger partial charge in [0.2, 0.25) is 0 Å². The van der Waals surface area contributed by atoms with E-state index >= 15 is 0 Å². The smallest absolute Gasteiger partial charge is 0.0346 e. The first-order chi connectivity index (χ1) is 6.42. The summed E-state index contributed by atoms with van der Waals surface area (Å²) >= 11 is 0. The number of rotatable bonds is 1. The summed E-state index contributed by atoms with van der Waals surface area (Å²) in [6.07, 6.45) is 7.47. The fourth-order valence-corrected chi connectivity index (χ4v) is 1.40. The molecule has 1 aromatic heterocycles. The molecule has 13 heavy (non-hydrogen) atoms. The Hall–Kier alpha value is -1.63. The van der Waals surface area contributed by atoms with Crippen LogP contribution in [0.15, 0.2) is 42.7 Å². The van der Waals surface area contributed by atoms with E-state index in [0.717, 1.165) is 10.9 Å². The molecule has 0 aliphatic rings. The van der Waals surface area contributed by atoms with Crippen LogP contribution in [0.3, 0.4) is 0 Å². The fourth-order valence-electron chi connectivity index (χ4n) is 1.40. The first-order valence-corrected chi connectivity index (χ1v) is 4.20. The van der Waals surface area contributed by atoms with Crippen LogP contribution in [0.25, 0.3) is 16.8 Å². The lowest BCUT2D eigenvalue weighted by Crippen LogP contribution is -1.80. The molecule has 0 spiro atoms. The highest BCUT2D eigenvalue weighted by Gasteiger charge is 1.95. The van der Waals surface area contributed by atoms with Gasteiger partial charge in [-0.2, -0.15) is 0 Å². The van der Waals surface area contributed by atoms with Gasteiger partial charge in [0.05, 0.1) is 0 Å². The zero-order valence-electron chi connectivity index (χ0n) is 7.27. The van der Waals surface area contributed by atoms with Crippen LogP contribution in [-0.4, -0.2) is 4.98 Å². The van der Waals surface area contributed by atoms with Crippen LogP contribution in [0, 0.1) is 6.92 Å². The minimum atomic E-state index is 1.12. The molecular weight excluding hydrogens is 158 g/mol. The summed E-state index contributed by atoms with van der Waals surface area (Å²) < 4.78 is 0. The van der Waals surface area contributed by atoms with Crippen molar-refractivity contribution < 1.29 is 0 Å². The van der Waals surface area contributed by atoms with Gasteiger partial charge in [-0.15, -0.1) is 0 Å². The van der Waals surface area contributed by atoms with Crippen molar-refractivity contribution in [2.45, 2.75) is 0 Å². The number of pyridine rings is 1. The van der Waals surface area contributed by atoms with E-state index in [1.165, 1.54) is 5.39 Å². The lowest BCUT2D eigenvalue weighted by atomic mass is 10.1. The van der Waals surface area contributed by atoms with Crippen LogP contribution in [0.2, 0.25) is 0 Å². The summed E-state index contributed by atoms with van der Waals surface area (Å²) in [6, 6.07) is 8.19. The highest BCUT2D eigenvalue weighted by atomic mass is 14.6. The van der Waals surface area contributed by atoms with E-state index in [2.05, 4.69) is 24.0 Å². The molecule has 63 valence electrons. The summed E-state index contributed by atoms with van der Waals surface area (Å²) in [5, 5.41) is 2.38. The van der Waals surface area contributed by atoms with Gasteiger partial charge < -0.3 is 0 Å². The van der Waals surface area contributed by atoms with E-state index in [0.29, 0.717) is 0 Å². The largest absolute Gasteiger partial charge is 0.263 e. The summed E-state index contributed by atoms with van der Waals surface area (Å²) in [7, 11) is 0. The fraction of sp³-hybridized carbons (Fsp3) is 0. The van der Waals surface area contributed by atoms with Crippen LogP contribution >= 0.6 is 0 Å². The summed E-state index contributed by atoms with van der Waals surface area (Å²) in [5.74, 6) is 0. The first-order valence-electron chi connectivity index (χ1n) is 4.20. The standard InChI is InChI=1S/C12H10N/c1-2-5-10-8-13-9-11-6-3-4-7-12(10)11/h2-9H,1H2. The number of allylic oxidation sites excluding steroid dienone is 1. The monoisotopic (exact) mass is 168 g/mol. The number of hydrogen-bond acceptors (Lipinski definition) is 1. The summed E-state index contributed by atoms with van der Waals surface area (Å²) in [5.41, 5.74) is 1.12. The minimum absolute atomic E-state index is 1.12. The Morgan fingerprint density at radius 1 is 1.15 bits per heavy atom. The number of fused-ring (bicyclic) bond motifs is 1. The van der Waals surface area contributed by atoms with Gasteiger partial charge in [-0.25, -0.2) is 0 Å². The van der Waals surface area contributed by atoms with E-state index < -0.39 is 0 Å². The maximum absolute atomic E-state index is 4.15. The third-order valence-electron chi connectivity index (χ3n) is 2.00. The highest BCUT2D eigenvalue weighted by molar-refractivity contribution is 5.89. The minimum Gasteiger partial charge on any atom is -0.263 e. The maximum atomic E-state index is 4.15. The van der Waals surface area contributed by atoms with E-state index in [-0.39, 0.29) is 0 Å². The predicted molar refractivity (Wildman–Crippen MR) is 56.1 cm³/mol. The van der Waals surface area contributed by atoms with Crippen molar-refractivity contribution >= 4 is 16.8 Å². The van der Waals surface area contributed by atoms with Crippen molar-refractivity contribution in [2.75, 3.05) is 0 Å². The van der Waals surface area contributed by atoms with E-state index in [1.54, 1.807) is 6.08 Å². The zero-order chi connectivity index (χ0) is 9.10. The third-order valence-corrected chi connectivity index (χ3v) is 2.00. The van der Waals surface area contributed by atoms with Crippen LogP contribution in [-0.2, 0) is 0 Å². The molecule has 0 aliphatic carbocycles. The lowest BCUT2D eigenvalue weighted by Gasteiger charge is -1.99. The molecule has 1 heterocycles. The topological polar surface area (TPSA) is 12.9 Å². The average Bonchev–Trinajstić information content (AvgIpc) is 2.19. The molecule has 1 radical (unpaired) electrons. The third kappa shape index (κ3) is 1.45. The van der Waals surface area contributed by atoms with Crippen molar-refractivity contribution in [1.29, 1.82) is 0 Å². The molecule has 0 N–H and O–H groups in total. The van der Waals surface area contributed by atoms with Crippen LogP contribution in [0.5, 0.6) is 0 Å². The lowest BCUT2D eigenvalue weighted by molar-refractivity contribution is 1.35. The van der Waals surface area contributed by atoms with Gasteiger partial charge in [0, 0.05) is 23.3 Å². The second-order valence-electron chi connectivity index (χ2n) is 2.85. The second kappa shape index (κ2) is 3.40. The van der Waals surface area contributed by atoms with Crippen molar-refractivity contribution in [3.8, 4) is 0 Å². The molecule has 2 aromatic rings. The van der Waals surface area contributed by atoms with Crippen molar-refractivity contribution in [3.63, 3.8) is 0 Å². The molecule has 0 saturated heterocycles. The van der Waals surface area contributed by atoms with Crippen LogP contribution in [0.1, 0.15) is 5.56 Å². The Morgan fingerprint density at radius 2 is 2.00 bits per heavy atom. The average molecular weight is 168 g/mol. The molecule has 0 amide bonds. The van der Waals surface area contributed by atoms with E-state index in [4.69, 9.17) is 0 Å². The Balaban J connectivity index is 2.75. The molecule has 0 saturated carbocycles. The molecule has 0 bridgehead atoms. The van der Waals surface area contributed by atoms with Crippen LogP contribution < -0.4 is 0 Å². The Morgan fingerprint density at radius 3 is 2.85 bits per heavy atom. The molecule has 0 atom stereocenters. The maximum Gasteiger partial charge on any atom is 0.0346 e. The van der Waals surface area contributed by atoms with E-state index in [1.807, 2.05) is 30.6 Å². The van der Waals surface area contributed by atoms with Crippen molar-refractivity contribution in [1.82, 2.24) is 4.98 Å². The van der Waals surface area contributed by atoms with Crippen molar-refractivity contribution in [2.24, 2.45) is 0 Å². The zero-order valence-corrected chi connectivity index (χ0v) is 7.27. The molecule has 1 aromatic carbocycles. The molecule has 1 nitrogen and oxygen atoms in total. The summed E-state index contributed by atoms with van der Waals surface area (Å²) in [4.78, 5) is 4.15. The highest BCUT2D eigenvalue weighted by Crippen LogP contribution is 2.17. The second-order valence-corrected chi connectivity index (χ2v) is 2.85. The first kappa shape index (κ1) is 7.99. The summed E-state index contributed by atoms with van der Waals surface area (Å²) in [6.45, 7) is 3.68. The Labute approximate surface area is 77.7 Å². The predicted octanol–water partition coefficient (Wildman–Crippen LogP) is 3.08. The van der Waals surface area contributed by atoms with Gasteiger partial charge in [-0.1, -0.05) is 36.4 Å². The van der Waals surface area contributed by atoms with Crippen molar-refractivity contribution in [3.05, 3.63) is 55.2 Å². The van der Waals surface area contributed by atoms with Gasteiger partial charge in [0.15, 0.2) is 0 Å². The number of aromatic nitrogens is 1. The molecule has 1 heteroatoms. The van der Waals surface area contributed by atoms with Gasteiger partial charge in [0.25, 0.3) is 0 Å². The number of nitrogens with zero attached hydrogens (tertiary/aromatic N) is 1. The Bertz CT molecular complexity index is 438. The van der Waals surface area contributed by atoms with Gasteiger partial charge in [0.1, 0.15) is 0 Å². The van der Waals surface area contributed by atoms with Gasteiger partial charge in [-0.3, -0.25) is 4.98 Å². The Kier molecular flexibility index (Phi) is 2.09. The van der Waals surface area contributed by atoms with Crippen LogP contribution in [0.4, 0.5) is 0 Å². The molecule has 0 aliphatic heterocycles. The molecule has 2 rings (SSSR count). The van der Waals surface area contributed by atoms with E-state index in [9.17, 15) is 0 Å². The SMILES string of the molecule is [CH2]C=Cc1cncc2ccccc12. The normalized spacial score (nSPS) is 11.2. The molecule has 0 unspecified atom stereocenters. The molecule has 0 fully saturated rings. The quantitative estimate of drug-likeness (QED) is 0.637. The number of benzene rings is 1. The van der Waals surface area contributed by atoms with Gasteiger partial charge in [-0.05, 0) is 12.3 Å².